The van der Waals surface area contributed by atoms with Crippen molar-refractivity contribution < 1.29 is 23.0 Å². The lowest BCUT2D eigenvalue weighted by Gasteiger charge is -2.09. The predicted molar refractivity (Wildman–Crippen MR) is 86.1 cm³/mol. The van der Waals surface area contributed by atoms with Crippen molar-refractivity contribution in [3.8, 4) is 17.3 Å². The molecule has 0 amide bonds. The fourth-order valence-corrected chi connectivity index (χ4v) is 2.39. The second-order valence-corrected chi connectivity index (χ2v) is 5.35. The van der Waals surface area contributed by atoms with Gasteiger partial charge in [0.15, 0.2) is 0 Å². The number of hydrogen-bond acceptors (Lipinski definition) is 5. The summed E-state index contributed by atoms with van der Waals surface area (Å²) in [5, 5.41) is 10.1. The van der Waals surface area contributed by atoms with Crippen molar-refractivity contribution in [2.45, 2.75) is 12.9 Å². The molecule has 2 heterocycles. The van der Waals surface area contributed by atoms with E-state index >= 15 is 0 Å². The number of hydrogen-bond donors (Lipinski definition) is 2. The summed E-state index contributed by atoms with van der Waals surface area (Å²) in [5.74, 6) is -0.801. The van der Waals surface area contributed by atoms with Crippen molar-refractivity contribution in [1.29, 1.82) is 0 Å². The quantitative estimate of drug-likeness (QED) is 0.739. The van der Waals surface area contributed by atoms with Crippen LogP contribution in [0.5, 0.6) is 11.6 Å². The Bertz CT molecular complexity index is 978. The number of nitrogens with two attached hydrogens (primary N) is 1. The number of rotatable bonds is 4. The summed E-state index contributed by atoms with van der Waals surface area (Å²) in [6.07, 6.45) is -0.639. The molecule has 0 atom stereocenters. The van der Waals surface area contributed by atoms with Crippen LogP contribution in [0.4, 0.5) is 18.9 Å². The van der Waals surface area contributed by atoms with Gasteiger partial charge in [0.05, 0.1) is 30.3 Å². The molecule has 3 aromatic rings. The minimum absolute atomic E-state index is 0.100. The summed E-state index contributed by atoms with van der Waals surface area (Å²) < 4.78 is 42.6. The topological polar surface area (TPSA) is 95.3 Å². The number of nitrogen functional groups attached to an aromatic ring is 1. The van der Waals surface area contributed by atoms with Gasteiger partial charge < -0.3 is 15.6 Å². The first-order valence-corrected chi connectivity index (χ1v) is 7.30. The Morgan fingerprint density at radius 2 is 1.88 bits per heavy atom. The van der Waals surface area contributed by atoms with Gasteiger partial charge in [0.2, 0.25) is 5.88 Å². The lowest BCUT2D eigenvalue weighted by molar-refractivity contribution is -0.274. The summed E-state index contributed by atoms with van der Waals surface area (Å²) in [6.45, 7) is 0.100. The fraction of sp³-hybridized carbons (Fsp3) is 0.125. The molecule has 0 aliphatic rings. The van der Waals surface area contributed by atoms with Crippen LogP contribution in [0.15, 0.2) is 53.7 Å². The van der Waals surface area contributed by atoms with Gasteiger partial charge >= 0.3 is 12.1 Å². The van der Waals surface area contributed by atoms with Crippen molar-refractivity contribution in [3.05, 3.63) is 65.0 Å². The molecule has 2 aromatic heterocycles. The maximum atomic E-state index is 12.5. The molecular weight excluding hydrogens is 353 g/mol. The molecule has 136 valence electrons. The Balaban J connectivity index is 1.91. The van der Waals surface area contributed by atoms with E-state index in [4.69, 9.17) is 5.73 Å². The normalized spacial score (nSPS) is 11.5. The van der Waals surface area contributed by atoms with Gasteiger partial charge in [0.25, 0.3) is 0 Å². The predicted octanol–water partition coefficient (Wildman–Crippen LogP) is 2.27. The van der Waals surface area contributed by atoms with Gasteiger partial charge in [-0.1, -0.05) is 0 Å². The first-order valence-electron chi connectivity index (χ1n) is 7.30. The molecule has 0 spiro atoms. The Labute approximate surface area is 144 Å². The van der Waals surface area contributed by atoms with Gasteiger partial charge in [-0.05, 0) is 35.9 Å². The monoisotopic (exact) mass is 366 g/mol. The first-order chi connectivity index (χ1) is 12.2. The zero-order valence-corrected chi connectivity index (χ0v) is 13.1. The fourth-order valence-electron chi connectivity index (χ4n) is 2.39. The number of aromatic hydroxyl groups is 1. The van der Waals surface area contributed by atoms with Gasteiger partial charge in [-0.25, -0.2) is 9.36 Å². The number of imidazole rings is 1. The van der Waals surface area contributed by atoms with Gasteiger partial charge in [-0.15, -0.1) is 13.2 Å². The number of benzene rings is 1. The summed E-state index contributed by atoms with van der Waals surface area (Å²) in [4.78, 5) is 16.4. The average Bonchev–Trinajstić information content (AvgIpc) is 2.83. The van der Waals surface area contributed by atoms with Gasteiger partial charge in [0, 0.05) is 6.20 Å². The van der Waals surface area contributed by atoms with E-state index in [1.54, 1.807) is 6.07 Å². The number of halogens is 3. The van der Waals surface area contributed by atoms with E-state index in [-0.39, 0.29) is 18.1 Å². The molecule has 0 bridgehead atoms. The number of ether oxygens (including phenoxy) is 1. The largest absolute Gasteiger partial charge is 0.573 e. The highest BCUT2D eigenvalue weighted by molar-refractivity contribution is 5.44. The maximum absolute atomic E-state index is 12.5. The smallest absolute Gasteiger partial charge is 0.493 e. The average molecular weight is 366 g/mol. The number of aromatic nitrogens is 3. The highest BCUT2D eigenvalue weighted by Gasteiger charge is 2.31. The molecule has 1 aromatic carbocycles. The molecule has 26 heavy (non-hydrogen) atoms. The molecule has 0 aliphatic heterocycles. The molecular formula is C16H13F3N4O3. The highest BCUT2D eigenvalue weighted by Crippen LogP contribution is 2.24. The Kier molecular flexibility index (Phi) is 4.33. The van der Waals surface area contributed by atoms with E-state index in [1.807, 2.05) is 0 Å². The first kappa shape index (κ1) is 17.4. The lowest BCUT2D eigenvalue weighted by atomic mass is 10.2. The zero-order valence-electron chi connectivity index (χ0n) is 13.1. The maximum Gasteiger partial charge on any atom is 0.573 e. The number of pyridine rings is 1. The van der Waals surface area contributed by atoms with Crippen molar-refractivity contribution in [2.75, 3.05) is 5.73 Å². The third-order valence-electron chi connectivity index (χ3n) is 3.55. The van der Waals surface area contributed by atoms with Crippen LogP contribution in [0.1, 0.15) is 5.56 Å². The molecule has 7 nitrogen and oxygen atoms in total. The number of alkyl halides is 3. The lowest BCUT2D eigenvalue weighted by Crippen LogP contribution is -2.23. The van der Waals surface area contributed by atoms with Gasteiger partial charge in [-0.3, -0.25) is 9.55 Å². The highest BCUT2D eigenvalue weighted by atomic mass is 19.4. The Morgan fingerprint density at radius 3 is 2.50 bits per heavy atom. The van der Waals surface area contributed by atoms with E-state index in [9.17, 15) is 23.1 Å². The summed E-state index contributed by atoms with van der Waals surface area (Å²) in [6, 6.07) is 6.19. The zero-order chi connectivity index (χ0) is 18.9. The van der Waals surface area contributed by atoms with Crippen LogP contribution in [-0.4, -0.2) is 25.6 Å². The SMILES string of the molecule is Nc1cnccc1Cn1cc(O)n(-c2ccc(OC(F)(F)F)cc2)c1=O. The van der Waals surface area contributed by atoms with Crippen molar-refractivity contribution >= 4 is 5.69 Å². The molecule has 0 aliphatic carbocycles. The molecule has 3 rings (SSSR count). The van der Waals surface area contributed by atoms with E-state index < -0.39 is 17.8 Å². The number of anilines is 1. The molecule has 0 fully saturated rings. The summed E-state index contributed by atoms with van der Waals surface area (Å²) in [5.41, 5.74) is 6.41. The van der Waals surface area contributed by atoms with Crippen molar-refractivity contribution in [2.24, 2.45) is 0 Å². The van der Waals surface area contributed by atoms with Crippen molar-refractivity contribution in [1.82, 2.24) is 14.1 Å². The Hall–Kier alpha value is -3.43. The minimum atomic E-state index is -4.81. The minimum Gasteiger partial charge on any atom is -0.493 e. The molecule has 3 N–H and O–H groups in total. The van der Waals surface area contributed by atoms with Crippen LogP contribution in [-0.2, 0) is 6.54 Å². The van der Waals surface area contributed by atoms with Crippen LogP contribution >= 0.6 is 0 Å². The van der Waals surface area contributed by atoms with Crippen LogP contribution in [0, 0.1) is 0 Å². The second kappa shape index (κ2) is 6.47. The van der Waals surface area contributed by atoms with E-state index in [1.165, 1.54) is 35.3 Å². The standard InChI is InChI=1S/C16H13F3N4O3/c17-16(18,19)26-12-3-1-11(2-4-12)23-14(24)9-22(15(23)25)8-10-5-6-21-7-13(10)20/h1-7,9,24H,8,20H2. The molecule has 0 saturated carbocycles. The molecule has 0 saturated heterocycles. The van der Waals surface area contributed by atoms with Crippen LogP contribution in [0.2, 0.25) is 0 Å². The van der Waals surface area contributed by atoms with E-state index in [0.717, 1.165) is 16.7 Å². The third-order valence-corrected chi connectivity index (χ3v) is 3.55. The van der Waals surface area contributed by atoms with E-state index in [0.29, 0.717) is 11.3 Å². The van der Waals surface area contributed by atoms with Crippen LogP contribution < -0.4 is 16.2 Å². The molecule has 0 unspecified atom stereocenters. The molecule has 0 radical (unpaired) electrons. The van der Waals surface area contributed by atoms with Crippen molar-refractivity contribution in [3.63, 3.8) is 0 Å². The van der Waals surface area contributed by atoms with Gasteiger partial charge in [0.1, 0.15) is 5.75 Å². The third kappa shape index (κ3) is 3.63. The van der Waals surface area contributed by atoms with Crippen LogP contribution in [0.3, 0.4) is 0 Å². The van der Waals surface area contributed by atoms with Crippen LogP contribution in [0.25, 0.3) is 5.69 Å². The summed E-state index contributed by atoms with van der Waals surface area (Å²) in [7, 11) is 0. The second-order valence-electron chi connectivity index (χ2n) is 5.35. The summed E-state index contributed by atoms with van der Waals surface area (Å²) >= 11 is 0. The van der Waals surface area contributed by atoms with Gasteiger partial charge in [-0.2, -0.15) is 0 Å². The molecule has 10 heteroatoms. The number of nitrogens with zero attached hydrogens (tertiary/aromatic N) is 3. The van der Waals surface area contributed by atoms with E-state index in [2.05, 4.69) is 9.72 Å². The Morgan fingerprint density at radius 1 is 1.19 bits per heavy atom.